The van der Waals surface area contributed by atoms with E-state index in [9.17, 15) is 40.7 Å². The summed E-state index contributed by atoms with van der Waals surface area (Å²) in [5.74, 6) is -4.14. The largest absolute Gasteiger partial charge is 0.488 e. The summed E-state index contributed by atoms with van der Waals surface area (Å²) in [6.07, 6.45) is -5.89. The number of aromatic nitrogens is 1. The predicted molar refractivity (Wildman–Crippen MR) is 127 cm³/mol. The summed E-state index contributed by atoms with van der Waals surface area (Å²) in [5, 5.41) is 4.10. The average molecular weight is 580 g/mol. The normalized spacial score (nSPS) is 19.9. The SMILES string of the molecule is C[C@H](NC(=O)C(=O)N1CC[C@]2(COc3c(cn(C)c3C(=O)Nc3ccc(F)c(C(F)F)c3)SN2)C1)C(F)(F)F. The Bertz CT molecular complexity index is 1300. The van der Waals surface area contributed by atoms with Crippen molar-refractivity contribution in [2.75, 3.05) is 25.0 Å². The Balaban J connectivity index is 1.45. The highest BCUT2D eigenvalue weighted by molar-refractivity contribution is 7.97. The maximum atomic E-state index is 13.6. The van der Waals surface area contributed by atoms with E-state index in [1.54, 1.807) is 18.6 Å². The van der Waals surface area contributed by atoms with E-state index in [0.717, 1.165) is 42.0 Å². The van der Waals surface area contributed by atoms with Crippen molar-refractivity contribution in [3.05, 3.63) is 41.5 Å². The van der Waals surface area contributed by atoms with E-state index >= 15 is 0 Å². The molecule has 16 heteroatoms. The molecule has 9 nitrogen and oxygen atoms in total. The third kappa shape index (κ3) is 5.95. The molecule has 0 radical (unpaired) electrons. The molecule has 0 saturated carbocycles. The number of amides is 3. The van der Waals surface area contributed by atoms with Gasteiger partial charge in [0.2, 0.25) is 0 Å². The monoisotopic (exact) mass is 579 g/mol. The fourth-order valence-corrected chi connectivity index (χ4v) is 5.18. The number of anilines is 1. The number of aryl methyl sites for hydroxylation is 1. The van der Waals surface area contributed by atoms with Crippen LogP contribution in [-0.2, 0) is 16.6 Å². The molecular formula is C23H23F6N5O4S. The maximum absolute atomic E-state index is 13.6. The van der Waals surface area contributed by atoms with E-state index in [1.807, 2.05) is 0 Å². The number of fused-ring (bicyclic) bond motifs is 1. The van der Waals surface area contributed by atoms with Crippen LogP contribution in [0.15, 0.2) is 29.3 Å². The molecule has 0 bridgehead atoms. The van der Waals surface area contributed by atoms with E-state index in [0.29, 0.717) is 11.3 Å². The molecule has 0 aliphatic carbocycles. The number of halogens is 6. The van der Waals surface area contributed by atoms with E-state index in [-0.39, 0.29) is 36.8 Å². The number of alkyl halides is 5. The molecule has 1 aromatic heterocycles. The van der Waals surface area contributed by atoms with Gasteiger partial charge in [-0.05, 0) is 43.5 Å². The maximum Gasteiger partial charge on any atom is 0.408 e. The molecule has 3 amide bonds. The molecule has 2 atom stereocenters. The first-order valence-electron chi connectivity index (χ1n) is 11.5. The number of hydrogen-bond acceptors (Lipinski definition) is 6. The quantitative estimate of drug-likeness (QED) is 0.292. The molecule has 212 valence electrons. The van der Waals surface area contributed by atoms with Crippen molar-refractivity contribution >= 4 is 35.4 Å². The summed E-state index contributed by atoms with van der Waals surface area (Å²) >= 11 is 1.10. The fraction of sp³-hybridized carbons (Fsp3) is 0.435. The van der Waals surface area contributed by atoms with Crippen molar-refractivity contribution in [1.82, 2.24) is 19.5 Å². The Labute approximate surface area is 222 Å². The van der Waals surface area contributed by atoms with Crippen molar-refractivity contribution in [3.63, 3.8) is 0 Å². The number of rotatable bonds is 4. The Morgan fingerprint density at radius 3 is 2.62 bits per heavy atom. The van der Waals surface area contributed by atoms with Gasteiger partial charge in [-0.3, -0.25) is 14.4 Å². The van der Waals surface area contributed by atoms with E-state index in [2.05, 4.69) is 10.0 Å². The van der Waals surface area contributed by atoms with Crippen molar-refractivity contribution in [1.29, 1.82) is 0 Å². The van der Waals surface area contributed by atoms with Crippen LogP contribution >= 0.6 is 11.9 Å². The van der Waals surface area contributed by atoms with Gasteiger partial charge in [0.1, 0.15) is 18.5 Å². The molecule has 2 aliphatic rings. The van der Waals surface area contributed by atoms with Crippen LogP contribution in [0.2, 0.25) is 0 Å². The van der Waals surface area contributed by atoms with Gasteiger partial charge in [-0.25, -0.2) is 17.9 Å². The molecular weight excluding hydrogens is 556 g/mol. The molecule has 1 saturated heterocycles. The zero-order valence-electron chi connectivity index (χ0n) is 20.5. The van der Waals surface area contributed by atoms with Crippen LogP contribution in [0.4, 0.5) is 32.0 Å². The van der Waals surface area contributed by atoms with Gasteiger partial charge in [0.05, 0.1) is 16.0 Å². The zero-order valence-corrected chi connectivity index (χ0v) is 21.3. The lowest BCUT2D eigenvalue weighted by Gasteiger charge is -2.27. The van der Waals surface area contributed by atoms with Crippen molar-refractivity contribution in [3.8, 4) is 5.75 Å². The van der Waals surface area contributed by atoms with Crippen LogP contribution in [0.5, 0.6) is 5.75 Å². The number of likely N-dealkylation sites (tertiary alicyclic amines) is 1. The molecule has 2 aliphatic heterocycles. The van der Waals surface area contributed by atoms with Crippen LogP contribution in [0.25, 0.3) is 0 Å². The molecule has 3 heterocycles. The lowest BCUT2D eigenvalue weighted by molar-refractivity contribution is -0.162. The summed E-state index contributed by atoms with van der Waals surface area (Å²) < 4.78 is 88.5. The highest BCUT2D eigenvalue weighted by Crippen LogP contribution is 2.39. The molecule has 39 heavy (non-hydrogen) atoms. The summed E-state index contributed by atoms with van der Waals surface area (Å²) in [5.41, 5.74) is -1.74. The topological polar surface area (TPSA) is 105 Å². The predicted octanol–water partition coefficient (Wildman–Crippen LogP) is 3.38. The highest BCUT2D eigenvalue weighted by Gasteiger charge is 2.45. The van der Waals surface area contributed by atoms with E-state index in [4.69, 9.17) is 4.74 Å². The Hall–Kier alpha value is -3.40. The van der Waals surface area contributed by atoms with Crippen LogP contribution in [0, 0.1) is 5.82 Å². The van der Waals surface area contributed by atoms with E-state index in [1.165, 1.54) is 4.57 Å². The van der Waals surface area contributed by atoms with Crippen molar-refractivity contribution in [2.24, 2.45) is 7.05 Å². The van der Waals surface area contributed by atoms with Gasteiger partial charge in [0.25, 0.3) is 12.3 Å². The molecule has 1 aromatic carbocycles. The highest BCUT2D eigenvalue weighted by atomic mass is 32.2. The average Bonchev–Trinajstić information content (AvgIpc) is 3.37. The number of carbonyl (C=O) groups excluding carboxylic acids is 3. The fourth-order valence-electron chi connectivity index (χ4n) is 4.16. The number of nitrogens with one attached hydrogen (secondary N) is 3. The first-order valence-corrected chi connectivity index (χ1v) is 12.3. The van der Waals surface area contributed by atoms with Crippen LogP contribution < -0.4 is 20.1 Å². The molecule has 1 spiro atoms. The third-order valence-corrected chi connectivity index (χ3v) is 7.40. The number of ether oxygens (including phenoxy) is 1. The first kappa shape index (κ1) is 28.6. The van der Waals surface area contributed by atoms with Crippen LogP contribution in [-0.4, -0.2) is 64.6 Å². The Kier molecular flexibility index (Phi) is 7.80. The van der Waals surface area contributed by atoms with Gasteiger partial charge in [-0.15, -0.1) is 0 Å². The van der Waals surface area contributed by atoms with Crippen molar-refractivity contribution < 1.29 is 45.5 Å². The number of carbonyl (C=O) groups is 3. The minimum Gasteiger partial charge on any atom is -0.488 e. The molecule has 2 aromatic rings. The van der Waals surface area contributed by atoms with Crippen LogP contribution in [0.3, 0.4) is 0 Å². The summed E-state index contributed by atoms with van der Waals surface area (Å²) in [4.78, 5) is 39.2. The summed E-state index contributed by atoms with van der Waals surface area (Å²) in [6.45, 7) is 0.697. The summed E-state index contributed by atoms with van der Waals surface area (Å²) in [7, 11) is 1.56. The van der Waals surface area contributed by atoms with Gasteiger partial charge in [0.15, 0.2) is 11.4 Å². The second-order valence-electron chi connectivity index (χ2n) is 9.26. The standard InChI is InChI=1S/C23H23F6N5O4S/c1-11(23(27,28)29)30-20(36)21(37)34-6-5-22(9-34)10-38-17-15(39-32-22)8-33(2)16(17)19(35)31-12-3-4-14(24)13(7-12)18(25)26/h3-4,7-8,11,18,32H,5-6,9-10H2,1-2H3,(H,30,36)(H,31,35)/t11-,22+/m0/s1. The second kappa shape index (κ2) is 10.6. The minimum atomic E-state index is -4.70. The van der Waals surface area contributed by atoms with Gasteiger partial charge >= 0.3 is 18.0 Å². The van der Waals surface area contributed by atoms with Gasteiger partial charge in [-0.1, -0.05) is 0 Å². The number of nitrogens with zero attached hydrogens (tertiary/aromatic N) is 2. The van der Waals surface area contributed by atoms with Gasteiger partial charge < -0.3 is 24.8 Å². The smallest absolute Gasteiger partial charge is 0.408 e. The second-order valence-corrected chi connectivity index (χ2v) is 10.1. The lowest BCUT2D eigenvalue weighted by atomic mass is 10.0. The minimum absolute atomic E-state index is 0.0451. The molecule has 0 unspecified atom stereocenters. The molecule has 3 N–H and O–H groups in total. The Morgan fingerprint density at radius 1 is 1.23 bits per heavy atom. The third-order valence-electron chi connectivity index (χ3n) is 6.35. The summed E-state index contributed by atoms with van der Waals surface area (Å²) in [6, 6.07) is 0.598. The molecule has 1 fully saturated rings. The Morgan fingerprint density at radius 2 is 1.95 bits per heavy atom. The number of benzene rings is 1. The molecule has 4 rings (SSSR count). The van der Waals surface area contributed by atoms with Crippen molar-refractivity contribution in [2.45, 2.75) is 42.4 Å². The van der Waals surface area contributed by atoms with Gasteiger partial charge in [-0.2, -0.15) is 13.2 Å². The van der Waals surface area contributed by atoms with Crippen LogP contribution in [0.1, 0.15) is 35.8 Å². The van der Waals surface area contributed by atoms with Gasteiger partial charge in [0, 0.05) is 32.0 Å². The zero-order chi connectivity index (χ0) is 28.7. The lowest BCUT2D eigenvalue weighted by Crippen LogP contribution is -2.52. The number of hydrogen-bond donors (Lipinski definition) is 3. The van der Waals surface area contributed by atoms with E-state index < -0.39 is 53.3 Å². The first-order chi connectivity index (χ1) is 18.2.